The molecule has 7 heteroatoms. The van der Waals surface area contributed by atoms with Crippen LogP contribution >= 0.6 is 0 Å². The summed E-state index contributed by atoms with van der Waals surface area (Å²) >= 11 is 0. The molecule has 0 unspecified atom stereocenters. The second kappa shape index (κ2) is 9.01. The molecule has 1 N–H and O–H groups in total. The van der Waals surface area contributed by atoms with Gasteiger partial charge in [-0.15, -0.1) is 0 Å². The molecule has 2 rings (SSSR count). The van der Waals surface area contributed by atoms with Crippen LogP contribution in [0, 0.1) is 6.92 Å². The molecule has 27 heavy (non-hydrogen) atoms. The van der Waals surface area contributed by atoms with Crippen LogP contribution in [0.3, 0.4) is 0 Å². The Kier molecular flexibility index (Phi) is 6.98. The summed E-state index contributed by atoms with van der Waals surface area (Å²) < 4.78 is 30.9. The number of ether oxygens (including phenoxy) is 1. The van der Waals surface area contributed by atoms with Gasteiger partial charge < -0.3 is 10.1 Å². The summed E-state index contributed by atoms with van der Waals surface area (Å²) in [5.41, 5.74) is 2.98. The number of aryl methyl sites for hydroxylation is 1. The van der Waals surface area contributed by atoms with E-state index in [2.05, 4.69) is 5.32 Å². The van der Waals surface area contributed by atoms with Gasteiger partial charge in [-0.05, 0) is 43.7 Å². The van der Waals surface area contributed by atoms with E-state index in [1.807, 2.05) is 38.1 Å². The minimum absolute atomic E-state index is 0.115. The van der Waals surface area contributed by atoms with Crippen LogP contribution in [0.1, 0.15) is 28.4 Å². The number of carbonyl (C=O) groups is 1. The molecular formula is C20H26N2O4S. The number of rotatable bonds is 8. The molecule has 6 nitrogen and oxygen atoms in total. The van der Waals surface area contributed by atoms with Crippen LogP contribution in [0.5, 0.6) is 0 Å². The third kappa shape index (κ3) is 6.08. The molecule has 0 aromatic heterocycles. The highest BCUT2D eigenvalue weighted by atomic mass is 32.2. The number of anilines is 1. The van der Waals surface area contributed by atoms with Gasteiger partial charge in [0.2, 0.25) is 10.0 Å². The zero-order valence-corrected chi connectivity index (χ0v) is 16.9. The van der Waals surface area contributed by atoms with Gasteiger partial charge in [0.05, 0.1) is 25.1 Å². The summed E-state index contributed by atoms with van der Waals surface area (Å²) in [6.45, 7) is 4.48. The van der Waals surface area contributed by atoms with Crippen molar-refractivity contribution in [3.63, 3.8) is 0 Å². The van der Waals surface area contributed by atoms with Crippen molar-refractivity contribution in [2.45, 2.75) is 26.4 Å². The van der Waals surface area contributed by atoms with Crippen LogP contribution < -0.4 is 9.62 Å². The number of benzene rings is 2. The second-order valence-corrected chi connectivity index (χ2v) is 8.54. The van der Waals surface area contributed by atoms with Crippen LogP contribution in [0.25, 0.3) is 0 Å². The Bertz CT molecular complexity index is 862. The van der Waals surface area contributed by atoms with Crippen molar-refractivity contribution in [2.24, 2.45) is 0 Å². The van der Waals surface area contributed by atoms with Crippen molar-refractivity contribution < 1.29 is 17.9 Å². The summed E-state index contributed by atoms with van der Waals surface area (Å²) in [7, 11) is -1.89. The fraction of sp³-hybridized carbons (Fsp3) is 0.350. The second-order valence-electron chi connectivity index (χ2n) is 6.63. The van der Waals surface area contributed by atoms with E-state index in [9.17, 15) is 13.2 Å². The summed E-state index contributed by atoms with van der Waals surface area (Å²) in [5, 5.41) is 2.83. The van der Waals surface area contributed by atoms with Gasteiger partial charge in [0.1, 0.15) is 0 Å². The fourth-order valence-corrected chi connectivity index (χ4v) is 3.53. The molecule has 0 bridgehead atoms. The molecule has 0 heterocycles. The topological polar surface area (TPSA) is 75.7 Å². The largest absolute Gasteiger partial charge is 0.383 e. The molecule has 2 aromatic carbocycles. The molecular weight excluding hydrogens is 364 g/mol. The van der Waals surface area contributed by atoms with E-state index in [1.54, 1.807) is 31.4 Å². The molecule has 146 valence electrons. The highest BCUT2D eigenvalue weighted by Crippen LogP contribution is 2.21. The maximum atomic E-state index is 12.3. The van der Waals surface area contributed by atoms with Gasteiger partial charge in [-0.3, -0.25) is 9.10 Å². The Morgan fingerprint density at radius 1 is 1.11 bits per heavy atom. The smallest absolute Gasteiger partial charge is 0.251 e. The van der Waals surface area contributed by atoms with E-state index >= 15 is 0 Å². The van der Waals surface area contributed by atoms with E-state index in [0.717, 1.165) is 11.1 Å². The lowest BCUT2D eigenvalue weighted by atomic mass is 10.1. The first-order chi connectivity index (χ1) is 12.7. The summed E-state index contributed by atoms with van der Waals surface area (Å²) in [4.78, 5) is 12.2. The van der Waals surface area contributed by atoms with Crippen molar-refractivity contribution in [3.05, 3.63) is 65.2 Å². The number of hydrogen-bond donors (Lipinski definition) is 1. The van der Waals surface area contributed by atoms with Gasteiger partial charge in [0.15, 0.2) is 0 Å². The highest BCUT2D eigenvalue weighted by molar-refractivity contribution is 7.92. The Balaban J connectivity index is 2.19. The van der Waals surface area contributed by atoms with Crippen molar-refractivity contribution in [1.29, 1.82) is 0 Å². The van der Waals surface area contributed by atoms with Gasteiger partial charge in [-0.2, -0.15) is 0 Å². The molecule has 0 aliphatic heterocycles. The molecule has 0 aliphatic carbocycles. The first-order valence-corrected chi connectivity index (χ1v) is 10.5. The van der Waals surface area contributed by atoms with Gasteiger partial charge in [-0.1, -0.05) is 29.8 Å². The average molecular weight is 391 g/mol. The van der Waals surface area contributed by atoms with E-state index in [4.69, 9.17) is 4.74 Å². The number of nitrogens with one attached hydrogen (secondary N) is 1. The third-order valence-corrected chi connectivity index (χ3v) is 5.20. The molecule has 2 aromatic rings. The highest BCUT2D eigenvalue weighted by Gasteiger charge is 2.18. The van der Waals surface area contributed by atoms with Gasteiger partial charge in [-0.25, -0.2) is 8.42 Å². The SMILES string of the molecule is COC[C@@H](C)NC(=O)c1ccc(N(Cc2ccc(C)cc2)S(C)(=O)=O)cc1. The molecule has 0 radical (unpaired) electrons. The summed E-state index contributed by atoms with van der Waals surface area (Å²) in [6, 6.07) is 14.1. The minimum atomic E-state index is -3.47. The molecule has 0 fully saturated rings. The van der Waals surface area contributed by atoms with Crippen LogP contribution in [0.4, 0.5) is 5.69 Å². The van der Waals surface area contributed by atoms with E-state index in [1.165, 1.54) is 10.6 Å². The van der Waals surface area contributed by atoms with E-state index in [-0.39, 0.29) is 18.5 Å². The molecule has 1 atom stereocenters. The Hall–Kier alpha value is -2.38. The lowest BCUT2D eigenvalue weighted by molar-refractivity contribution is 0.0905. The fourth-order valence-electron chi connectivity index (χ4n) is 2.64. The molecule has 0 saturated carbocycles. The quantitative estimate of drug-likeness (QED) is 0.752. The Labute approximate surface area is 161 Å². The lowest BCUT2D eigenvalue weighted by Gasteiger charge is -2.23. The van der Waals surface area contributed by atoms with Gasteiger partial charge >= 0.3 is 0 Å². The zero-order chi connectivity index (χ0) is 20.0. The van der Waals surface area contributed by atoms with E-state index < -0.39 is 10.0 Å². The third-order valence-electron chi connectivity index (χ3n) is 4.06. The maximum Gasteiger partial charge on any atom is 0.251 e. The predicted octanol–water partition coefficient (Wildman–Crippen LogP) is 2.73. The standard InChI is InChI=1S/C20H26N2O4S/c1-15-5-7-17(8-6-15)13-22(27(4,24)25)19-11-9-18(10-12-19)20(23)21-16(2)14-26-3/h5-12,16H,13-14H2,1-4H3,(H,21,23)/t16-/m1/s1. The normalized spacial score (nSPS) is 12.4. The first kappa shape index (κ1) is 20.9. The first-order valence-electron chi connectivity index (χ1n) is 8.64. The van der Waals surface area contributed by atoms with Crippen molar-refractivity contribution >= 4 is 21.6 Å². The van der Waals surface area contributed by atoms with E-state index in [0.29, 0.717) is 17.9 Å². The molecule has 0 saturated heterocycles. The minimum Gasteiger partial charge on any atom is -0.383 e. The van der Waals surface area contributed by atoms with Crippen LogP contribution in [0.15, 0.2) is 48.5 Å². The molecule has 1 amide bonds. The van der Waals surface area contributed by atoms with Crippen molar-refractivity contribution in [2.75, 3.05) is 24.3 Å². The Morgan fingerprint density at radius 3 is 2.22 bits per heavy atom. The predicted molar refractivity (Wildman–Crippen MR) is 107 cm³/mol. The number of hydrogen-bond acceptors (Lipinski definition) is 4. The summed E-state index contributed by atoms with van der Waals surface area (Å²) in [5.74, 6) is -0.226. The average Bonchev–Trinajstić information content (AvgIpc) is 2.60. The zero-order valence-electron chi connectivity index (χ0n) is 16.1. The van der Waals surface area contributed by atoms with Crippen LogP contribution in [-0.4, -0.2) is 40.3 Å². The Morgan fingerprint density at radius 2 is 1.70 bits per heavy atom. The van der Waals surface area contributed by atoms with Gasteiger partial charge in [0.25, 0.3) is 5.91 Å². The lowest BCUT2D eigenvalue weighted by Crippen LogP contribution is -2.35. The van der Waals surface area contributed by atoms with Crippen molar-refractivity contribution in [3.8, 4) is 0 Å². The monoisotopic (exact) mass is 390 g/mol. The molecule has 0 aliphatic rings. The number of nitrogens with zero attached hydrogens (tertiary/aromatic N) is 1. The van der Waals surface area contributed by atoms with Crippen LogP contribution in [-0.2, 0) is 21.3 Å². The number of amides is 1. The number of methoxy groups -OCH3 is 1. The maximum absolute atomic E-state index is 12.3. The van der Waals surface area contributed by atoms with Crippen LogP contribution in [0.2, 0.25) is 0 Å². The van der Waals surface area contributed by atoms with Gasteiger partial charge in [0, 0.05) is 18.7 Å². The number of carbonyl (C=O) groups excluding carboxylic acids is 1. The molecule has 0 spiro atoms. The number of sulfonamides is 1. The van der Waals surface area contributed by atoms with Crippen molar-refractivity contribution in [1.82, 2.24) is 5.32 Å². The summed E-state index contributed by atoms with van der Waals surface area (Å²) in [6.07, 6.45) is 1.17.